The molecule has 4 heteroatoms. The Morgan fingerprint density at radius 1 is 0.645 bits per heavy atom. The van der Waals surface area contributed by atoms with Crippen molar-refractivity contribution < 1.29 is 10.2 Å². The lowest BCUT2D eigenvalue weighted by Gasteiger charge is -2.25. The van der Waals surface area contributed by atoms with Gasteiger partial charge in [0.05, 0.1) is 0 Å². The van der Waals surface area contributed by atoms with Gasteiger partial charge in [-0.25, -0.2) is 0 Å². The van der Waals surface area contributed by atoms with Crippen molar-refractivity contribution >= 4 is 0 Å². The van der Waals surface area contributed by atoms with Gasteiger partial charge in [-0.05, 0) is 53.6 Å². The summed E-state index contributed by atoms with van der Waals surface area (Å²) in [5.41, 5.74) is 4.67. The van der Waals surface area contributed by atoms with Gasteiger partial charge in [0.1, 0.15) is 11.5 Å². The van der Waals surface area contributed by atoms with Crippen LogP contribution >= 0.6 is 0 Å². The zero-order chi connectivity index (χ0) is 22.8. The minimum Gasteiger partial charge on any atom is -0.508 e. The summed E-state index contributed by atoms with van der Waals surface area (Å²) in [5, 5.41) is 20.8. The molecule has 4 nitrogen and oxygen atoms in total. The first kappa shape index (κ1) is 23.6. The molecule has 1 fully saturated rings. The highest BCUT2D eigenvalue weighted by molar-refractivity contribution is 5.39. The van der Waals surface area contributed by atoms with Crippen molar-refractivity contribution in [3.8, 4) is 11.5 Å². The van der Waals surface area contributed by atoms with Crippen molar-refractivity contribution in [3.63, 3.8) is 0 Å². The maximum atomic E-state index is 10.4. The fourth-order valence-corrected chi connectivity index (χ4v) is 4.18. The van der Waals surface area contributed by atoms with E-state index in [-0.39, 0.29) is 10.8 Å². The molecular weight excluding hydrogens is 384 g/mol. The average Bonchev–Trinajstić information content (AvgIpc) is 2.88. The van der Waals surface area contributed by atoms with Gasteiger partial charge >= 0.3 is 0 Å². The summed E-state index contributed by atoms with van der Waals surface area (Å²) < 4.78 is 0. The highest BCUT2D eigenvalue weighted by atomic mass is 16.3. The highest BCUT2D eigenvalue weighted by Crippen LogP contribution is 2.30. The fourth-order valence-electron chi connectivity index (χ4n) is 4.18. The van der Waals surface area contributed by atoms with Crippen LogP contribution in [0.3, 0.4) is 0 Å². The van der Waals surface area contributed by atoms with Crippen LogP contribution in [-0.2, 0) is 23.9 Å². The number of rotatable bonds is 4. The molecule has 2 aromatic rings. The lowest BCUT2D eigenvalue weighted by atomic mass is 9.86. The predicted octanol–water partition coefficient (Wildman–Crippen LogP) is 5.40. The Morgan fingerprint density at radius 2 is 1.03 bits per heavy atom. The lowest BCUT2D eigenvalue weighted by Crippen LogP contribution is -2.30. The normalized spacial score (nSPS) is 17.0. The van der Waals surface area contributed by atoms with E-state index in [0.717, 1.165) is 56.8 Å². The number of benzene rings is 2. The van der Waals surface area contributed by atoms with Crippen molar-refractivity contribution in [3.05, 3.63) is 58.7 Å². The van der Waals surface area contributed by atoms with Crippen LogP contribution in [0.1, 0.15) is 70.2 Å². The smallest absolute Gasteiger partial charge is 0.120 e. The topological polar surface area (TPSA) is 46.9 Å². The SMILES string of the molecule is CC(C)(C)c1ccc(O)c(CN2CCCN(Cc3cc(C(C)(C)C)ccc3O)CC2)c1. The molecule has 0 bridgehead atoms. The summed E-state index contributed by atoms with van der Waals surface area (Å²) in [5.74, 6) is 0.774. The number of hydrogen-bond donors (Lipinski definition) is 2. The predicted molar refractivity (Wildman–Crippen MR) is 129 cm³/mol. The van der Waals surface area contributed by atoms with Crippen molar-refractivity contribution in [2.45, 2.75) is 71.9 Å². The van der Waals surface area contributed by atoms with E-state index in [0.29, 0.717) is 11.5 Å². The van der Waals surface area contributed by atoms with Crippen LogP contribution in [0.25, 0.3) is 0 Å². The van der Waals surface area contributed by atoms with Crippen molar-refractivity contribution in [2.24, 2.45) is 0 Å². The monoisotopic (exact) mass is 424 g/mol. The first-order valence-electron chi connectivity index (χ1n) is 11.5. The molecule has 1 saturated heterocycles. The molecule has 3 rings (SSSR count). The van der Waals surface area contributed by atoms with Gasteiger partial charge in [-0.15, -0.1) is 0 Å². The van der Waals surface area contributed by atoms with Crippen molar-refractivity contribution in [2.75, 3.05) is 26.2 Å². The van der Waals surface area contributed by atoms with Gasteiger partial charge in [0.2, 0.25) is 0 Å². The molecule has 1 heterocycles. The molecule has 0 atom stereocenters. The molecule has 0 amide bonds. The summed E-state index contributed by atoms with van der Waals surface area (Å²) in [7, 11) is 0. The third-order valence-corrected chi connectivity index (χ3v) is 6.36. The second-order valence-corrected chi connectivity index (χ2v) is 11.1. The summed E-state index contributed by atoms with van der Waals surface area (Å²) in [6.45, 7) is 18.7. The van der Waals surface area contributed by atoms with Crippen molar-refractivity contribution in [1.82, 2.24) is 9.80 Å². The van der Waals surface area contributed by atoms with Gasteiger partial charge in [0.25, 0.3) is 0 Å². The van der Waals surface area contributed by atoms with Crippen LogP contribution in [0.15, 0.2) is 36.4 Å². The summed E-state index contributed by atoms with van der Waals surface area (Å²) in [6, 6.07) is 12.1. The van der Waals surface area contributed by atoms with Crippen LogP contribution in [0.4, 0.5) is 0 Å². The average molecular weight is 425 g/mol. The van der Waals surface area contributed by atoms with Crippen LogP contribution < -0.4 is 0 Å². The van der Waals surface area contributed by atoms with E-state index in [9.17, 15) is 10.2 Å². The second-order valence-electron chi connectivity index (χ2n) is 11.1. The molecule has 2 aromatic carbocycles. The zero-order valence-electron chi connectivity index (χ0n) is 20.2. The maximum absolute atomic E-state index is 10.4. The Balaban J connectivity index is 1.66. The Morgan fingerprint density at radius 3 is 1.39 bits per heavy atom. The Bertz CT molecular complexity index is 820. The summed E-state index contributed by atoms with van der Waals surface area (Å²) in [6.07, 6.45) is 1.08. The number of phenols is 2. The summed E-state index contributed by atoms with van der Waals surface area (Å²) >= 11 is 0. The minimum atomic E-state index is 0.0711. The van der Waals surface area contributed by atoms with Gasteiger partial charge in [-0.1, -0.05) is 65.8 Å². The zero-order valence-corrected chi connectivity index (χ0v) is 20.2. The molecule has 0 saturated carbocycles. The molecular formula is C27H40N2O2. The van der Waals surface area contributed by atoms with Crippen LogP contribution in [0, 0.1) is 0 Å². The van der Waals surface area contributed by atoms with E-state index in [2.05, 4.69) is 63.5 Å². The molecule has 0 aliphatic carbocycles. The number of phenolic OH excluding ortho intramolecular Hbond substituents is 2. The van der Waals surface area contributed by atoms with Crippen LogP contribution in [0.2, 0.25) is 0 Å². The second kappa shape index (κ2) is 9.22. The minimum absolute atomic E-state index is 0.0711. The van der Waals surface area contributed by atoms with Gasteiger partial charge in [0, 0.05) is 37.3 Å². The third kappa shape index (κ3) is 6.24. The molecule has 0 unspecified atom stereocenters. The first-order chi connectivity index (χ1) is 14.4. The number of hydrogen-bond acceptors (Lipinski definition) is 4. The number of nitrogens with zero attached hydrogens (tertiary/aromatic N) is 2. The van der Waals surface area contributed by atoms with Gasteiger partial charge < -0.3 is 10.2 Å². The quantitative estimate of drug-likeness (QED) is 0.690. The van der Waals surface area contributed by atoms with Gasteiger partial charge in [-0.2, -0.15) is 0 Å². The largest absolute Gasteiger partial charge is 0.508 e. The maximum Gasteiger partial charge on any atom is 0.120 e. The molecule has 0 radical (unpaired) electrons. The third-order valence-electron chi connectivity index (χ3n) is 6.36. The Hall–Kier alpha value is -2.04. The molecule has 0 spiro atoms. The molecule has 0 aromatic heterocycles. The van der Waals surface area contributed by atoms with E-state index in [4.69, 9.17) is 0 Å². The van der Waals surface area contributed by atoms with E-state index < -0.39 is 0 Å². The molecule has 1 aliphatic heterocycles. The highest BCUT2D eigenvalue weighted by Gasteiger charge is 2.21. The van der Waals surface area contributed by atoms with Crippen LogP contribution in [0.5, 0.6) is 11.5 Å². The molecule has 31 heavy (non-hydrogen) atoms. The molecule has 1 aliphatic rings. The summed E-state index contributed by atoms with van der Waals surface area (Å²) in [4.78, 5) is 4.87. The van der Waals surface area contributed by atoms with E-state index in [1.165, 1.54) is 11.1 Å². The van der Waals surface area contributed by atoms with E-state index >= 15 is 0 Å². The molecule has 2 N–H and O–H groups in total. The first-order valence-corrected chi connectivity index (χ1v) is 11.5. The fraction of sp³-hybridized carbons (Fsp3) is 0.556. The standard InChI is InChI=1S/C27H40N2O2/c1-26(2,3)22-8-10-24(30)20(16-22)18-28-12-7-13-29(15-14-28)19-21-17-23(27(4,5)6)9-11-25(21)31/h8-11,16-17,30-31H,7,12-15,18-19H2,1-6H3. The molecule has 170 valence electrons. The van der Waals surface area contributed by atoms with Gasteiger partial charge in [0.15, 0.2) is 0 Å². The van der Waals surface area contributed by atoms with Gasteiger partial charge in [-0.3, -0.25) is 9.80 Å². The Kier molecular flexibility index (Phi) is 7.02. The van der Waals surface area contributed by atoms with Crippen molar-refractivity contribution in [1.29, 1.82) is 0 Å². The Labute approximate surface area is 188 Å². The van der Waals surface area contributed by atoms with E-state index in [1.807, 2.05) is 24.3 Å². The lowest BCUT2D eigenvalue weighted by molar-refractivity contribution is 0.243. The van der Waals surface area contributed by atoms with E-state index in [1.54, 1.807) is 0 Å². The number of aromatic hydroxyl groups is 2. The van der Waals surface area contributed by atoms with Crippen LogP contribution in [-0.4, -0.2) is 46.2 Å².